The molecule has 2 unspecified atom stereocenters. The zero-order chi connectivity index (χ0) is 10.8. The van der Waals surface area contributed by atoms with Crippen LogP contribution in [0.2, 0.25) is 0 Å². The van der Waals surface area contributed by atoms with Gasteiger partial charge in [-0.1, -0.05) is 0 Å². The number of thiophene rings is 1. The Kier molecular flexibility index (Phi) is 3.22. The molecular weight excluding hydrogens is 208 g/mol. The van der Waals surface area contributed by atoms with Gasteiger partial charge in [-0.3, -0.25) is 4.79 Å². The minimum atomic E-state index is 0.136. The lowest BCUT2D eigenvalue weighted by Gasteiger charge is -2.09. The average molecular weight is 224 g/mol. The van der Waals surface area contributed by atoms with Gasteiger partial charge in [0.05, 0.1) is 0 Å². The Morgan fingerprint density at radius 2 is 2.40 bits per heavy atom. The molecule has 1 aromatic heterocycles. The first-order valence-corrected chi connectivity index (χ1v) is 6.16. The Hall–Kier alpha value is -0.670. The smallest absolute Gasteiger partial charge is 0.140 e. The predicted octanol–water partition coefficient (Wildman–Crippen LogP) is 2.77. The number of carbonyl (C=O) groups is 1. The van der Waals surface area contributed by atoms with E-state index in [0.717, 1.165) is 6.42 Å². The minimum absolute atomic E-state index is 0.136. The molecule has 0 spiro atoms. The predicted molar refractivity (Wildman–Crippen MR) is 61.4 cm³/mol. The van der Waals surface area contributed by atoms with Gasteiger partial charge in [0.25, 0.3) is 0 Å². The van der Waals surface area contributed by atoms with Gasteiger partial charge in [-0.2, -0.15) is 0 Å². The van der Waals surface area contributed by atoms with E-state index in [2.05, 4.69) is 18.4 Å². The number of ketones is 1. The van der Waals surface area contributed by atoms with Crippen molar-refractivity contribution in [2.75, 3.05) is 13.7 Å². The lowest BCUT2D eigenvalue weighted by Crippen LogP contribution is -2.03. The molecule has 15 heavy (non-hydrogen) atoms. The van der Waals surface area contributed by atoms with Crippen molar-refractivity contribution >= 4 is 17.1 Å². The molecule has 0 saturated heterocycles. The Bertz CT molecular complexity index is 356. The normalized spacial score (nSPS) is 26.1. The summed E-state index contributed by atoms with van der Waals surface area (Å²) in [6, 6.07) is 2.09. The molecule has 2 atom stereocenters. The van der Waals surface area contributed by atoms with E-state index < -0.39 is 0 Å². The van der Waals surface area contributed by atoms with E-state index in [1.165, 1.54) is 10.4 Å². The maximum Gasteiger partial charge on any atom is 0.140 e. The number of methoxy groups -OCH3 is 1. The Morgan fingerprint density at radius 3 is 3.00 bits per heavy atom. The maximum absolute atomic E-state index is 11.9. The van der Waals surface area contributed by atoms with Crippen molar-refractivity contribution in [2.45, 2.75) is 25.7 Å². The first-order valence-electron chi connectivity index (χ1n) is 5.28. The highest BCUT2D eigenvalue weighted by Crippen LogP contribution is 2.38. The molecule has 3 heteroatoms. The van der Waals surface area contributed by atoms with Crippen molar-refractivity contribution in [3.8, 4) is 0 Å². The zero-order valence-electron chi connectivity index (χ0n) is 9.16. The summed E-state index contributed by atoms with van der Waals surface area (Å²) < 4.78 is 5.12. The van der Waals surface area contributed by atoms with Gasteiger partial charge in [-0.05, 0) is 36.3 Å². The van der Waals surface area contributed by atoms with Crippen LogP contribution in [0.25, 0.3) is 0 Å². The van der Waals surface area contributed by atoms with Crippen LogP contribution >= 0.6 is 11.3 Å². The first-order chi connectivity index (χ1) is 7.22. The Morgan fingerprint density at radius 1 is 1.60 bits per heavy atom. The van der Waals surface area contributed by atoms with Crippen molar-refractivity contribution in [2.24, 2.45) is 5.92 Å². The number of Topliss-reactive ketones (excluding diaryl/α,β-unsaturated/α-hetero) is 1. The van der Waals surface area contributed by atoms with Crippen LogP contribution in [-0.2, 0) is 9.53 Å². The van der Waals surface area contributed by atoms with Crippen molar-refractivity contribution in [1.82, 2.24) is 0 Å². The fraction of sp³-hybridized carbons (Fsp3) is 0.583. The number of ether oxygens (including phenoxy) is 1. The summed E-state index contributed by atoms with van der Waals surface area (Å²) in [7, 11) is 1.70. The van der Waals surface area contributed by atoms with Crippen LogP contribution in [0.4, 0.5) is 0 Å². The summed E-state index contributed by atoms with van der Waals surface area (Å²) in [6.45, 7) is 2.81. The molecule has 2 nitrogen and oxygen atoms in total. The quantitative estimate of drug-likeness (QED) is 0.789. The van der Waals surface area contributed by atoms with Crippen molar-refractivity contribution < 1.29 is 9.53 Å². The standard InChI is InChI=1S/C12H16O2S/c1-8-10(3-4-15-8)11-5-9(7-14-2)6-12(11)13/h3-4,9,11H,5-7H2,1-2H3. The molecule has 0 bridgehead atoms. The molecule has 1 aliphatic rings. The van der Waals surface area contributed by atoms with Crippen molar-refractivity contribution in [3.63, 3.8) is 0 Å². The van der Waals surface area contributed by atoms with E-state index >= 15 is 0 Å². The molecule has 1 fully saturated rings. The largest absolute Gasteiger partial charge is 0.384 e. The third kappa shape index (κ3) is 2.13. The second-order valence-corrected chi connectivity index (χ2v) is 5.33. The molecular formula is C12H16O2S. The van der Waals surface area contributed by atoms with E-state index in [9.17, 15) is 4.79 Å². The SMILES string of the molecule is COCC1CC(=O)C(c2ccsc2C)C1. The molecule has 0 radical (unpaired) electrons. The van der Waals surface area contributed by atoms with E-state index in [0.29, 0.717) is 24.7 Å². The molecule has 0 N–H and O–H groups in total. The molecule has 1 heterocycles. The summed E-state index contributed by atoms with van der Waals surface area (Å²) in [5.41, 5.74) is 1.24. The van der Waals surface area contributed by atoms with E-state index in [1.807, 2.05) is 0 Å². The van der Waals surface area contributed by atoms with Crippen LogP contribution in [0.15, 0.2) is 11.4 Å². The molecule has 82 valence electrons. The summed E-state index contributed by atoms with van der Waals surface area (Å²) in [4.78, 5) is 13.1. The molecule has 0 aromatic carbocycles. The fourth-order valence-electron chi connectivity index (χ4n) is 2.39. The van der Waals surface area contributed by atoms with Gasteiger partial charge in [0.2, 0.25) is 0 Å². The van der Waals surface area contributed by atoms with E-state index in [-0.39, 0.29) is 5.92 Å². The lowest BCUT2D eigenvalue weighted by atomic mass is 9.97. The van der Waals surface area contributed by atoms with Crippen LogP contribution < -0.4 is 0 Å². The van der Waals surface area contributed by atoms with Gasteiger partial charge in [-0.15, -0.1) is 11.3 Å². The second-order valence-electron chi connectivity index (χ2n) is 4.21. The fourth-order valence-corrected chi connectivity index (χ4v) is 3.16. The monoisotopic (exact) mass is 224 g/mol. The van der Waals surface area contributed by atoms with Crippen LogP contribution in [0.1, 0.15) is 29.2 Å². The van der Waals surface area contributed by atoms with Crippen molar-refractivity contribution in [1.29, 1.82) is 0 Å². The van der Waals surface area contributed by atoms with Gasteiger partial charge in [-0.25, -0.2) is 0 Å². The summed E-state index contributed by atoms with van der Waals surface area (Å²) in [6.07, 6.45) is 1.65. The molecule has 1 aliphatic carbocycles. The third-order valence-electron chi connectivity index (χ3n) is 3.12. The maximum atomic E-state index is 11.9. The van der Waals surface area contributed by atoms with Crippen LogP contribution in [0.5, 0.6) is 0 Å². The third-order valence-corrected chi connectivity index (χ3v) is 3.99. The number of rotatable bonds is 3. The van der Waals surface area contributed by atoms with E-state index in [4.69, 9.17) is 4.74 Å². The number of carbonyl (C=O) groups excluding carboxylic acids is 1. The van der Waals surface area contributed by atoms with Crippen LogP contribution in [-0.4, -0.2) is 19.5 Å². The minimum Gasteiger partial charge on any atom is -0.384 e. The number of hydrogen-bond acceptors (Lipinski definition) is 3. The van der Waals surface area contributed by atoms with Gasteiger partial charge >= 0.3 is 0 Å². The Labute approximate surface area is 94.3 Å². The van der Waals surface area contributed by atoms with Crippen LogP contribution in [0.3, 0.4) is 0 Å². The molecule has 2 rings (SSSR count). The number of aryl methyl sites for hydroxylation is 1. The highest BCUT2D eigenvalue weighted by atomic mass is 32.1. The second kappa shape index (κ2) is 4.45. The molecule has 0 aliphatic heterocycles. The molecule has 1 saturated carbocycles. The summed E-state index contributed by atoms with van der Waals surface area (Å²) in [5.74, 6) is 0.946. The zero-order valence-corrected chi connectivity index (χ0v) is 9.97. The molecule has 1 aromatic rings. The average Bonchev–Trinajstić information content (AvgIpc) is 2.73. The van der Waals surface area contributed by atoms with Gasteiger partial charge in [0, 0.05) is 30.9 Å². The Balaban J connectivity index is 2.12. The summed E-state index contributed by atoms with van der Waals surface area (Å²) >= 11 is 1.72. The highest BCUT2D eigenvalue weighted by molar-refractivity contribution is 7.10. The first kappa shape index (κ1) is 10.8. The van der Waals surface area contributed by atoms with Gasteiger partial charge in [0.1, 0.15) is 5.78 Å². The molecule has 0 amide bonds. The van der Waals surface area contributed by atoms with Gasteiger partial charge in [0.15, 0.2) is 0 Å². The van der Waals surface area contributed by atoms with E-state index in [1.54, 1.807) is 18.4 Å². The van der Waals surface area contributed by atoms with Crippen molar-refractivity contribution in [3.05, 3.63) is 21.9 Å². The summed E-state index contributed by atoms with van der Waals surface area (Å²) in [5, 5.41) is 2.07. The topological polar surface area (TPSA) is 26.3 Å². The highest BCUT2D eigenvalue weighted by Gasteiger charge is 2.34. The van der Waals surface area contributed by atoms with Gasteiger partial charge < -0.3 is 4.74 Å². The lowest BCUT2D eigenvalue weighted by molar-refractivity contribution is -0.118. The van der Waals surface area contributed by atoms with Crippen LogP contribution in [0, 0.1) is 12.8 Å². The number of hydrogen-bond donors (Lipinski definition) is 0.